The van der Waals surface area contributed by atoms with Gasteiger partial charge >= 0.3 is 0 Å². The van der Waals surface area contributed by atoms with Crippen LogP contribution < -0.4 is 11.1 Å². The van der Waals surface area contributed by atoms with Crippen molar-refractivity contribution in [2.45, 2.75) is 51.0 Å². The standard InChI is InChI=1S/C14H24N2O/c15-8-9-4-3-7-12(9)16-14(17)13-10-5-1-2-6-11(10)13/h9-13H,1-8,15H2,(H,16,17). The summed E-state index contributed by atoms with van der Waals surface area (Å²) in [5.41, 5.74) is 5.76. The number of nitrogens with one attached hydrogen (secondary N) is 1. The van der Waals surface area contributed by atoms with Gasteiger partial charge in [0.1, 0.15) is 0 Å². The van der Waals surface area contributed by atoms with Crippen LogP contribution in [-0.4, -0.2) is 18.5 Å². The number of rotatable bonds is 3. The van der Waals surface area contributed by atoms with E-state index in [1.165, 1.54) is 38.5 Å². The predicted molar refractivity (Wildman–Crippen MR) is 67.3 cm³/mol. The summed E-state index contributed by atoms with van der Waals surface area (Å²) < 4.78 is 0. The lowest BCUT2D eigenvalue weighted by Crippen LogP contribution is -2.41. The smallest absolute Gasteiger partial charge is 0.223 e. The number of hydrogen-bond donors (Lipinski definition) is 2. The molecular formula is C14H24N2O. The lowest BCUT2D eigenvalue weighted by Gasteiger charge is -2.19. The second kappa shape index (κ2) is 4.60. The van der Waals surface area contributed by atoms with Crippen LogP contribution in [0.4, 0.5) is 0 Å². The summed E-state index contributed by atoms with van der Waals surface area (Å²) in [7, 11) is 0. The van der Waals surface area contributed by atoms with Crippen molar-refractivity contribution in [3.8, 4) is 0 Å². The molecule has 3 rings (SSSR count). The summed E-state index contributed by atoms with van der Waals surface area (Å²) in [6.07, 6.45) is 8.79. The molecule has 0 aromatic carbocycles. The first kappa shape index (κ1) is 11.5. The normalized spacial score (nSPS) is 44.2. The van der Waals surface area contributed by atoms with Crippen molar-refractivity contribution in [3.63, 3.8) is 0 Å². The molecule has 0 heterocycles. The maximum absolute atomic E-state index is 12.2. The van der Waals surface area contributed by atoms with Gasteiger partial charge in [-0.15, -0.1) is 0 Å². The first-order chi connectivity index (χ1) is 8.31. The second-order valence-corrected chi connectivity index (χ2v) is 6.18. The highest BCUT2D eigenvalue weighted by Gasteiger charge is 2.55. The summed E-state index contributed by atoms with van der Waals surface area (Å²) in [6.45, 7) is 0.725. The van der Waals surface area contributed by atoms with Crippen LogP contribution in [0.5, 0.6) is 0 Å². The summed E-state index contributed by atoms with van der Waals surface area (Å²) >= 11 is 0. The van der Waals surface area contributed by atoms with Crippen molar-refractivity contribution in [2.75, 3.05) is 6.54 Å². The highest BCUT2D eigenvalue weighted by Crippen LogP contribution is 2.55. The van der Waals surface area contributed by atoms with E-state index in [0.717, 1.165) is 24.8 Å². The lowest BCUT2D eigenvalue weighted by molar-refractivity contribution is -0.123. The van der Waals surface area contributed by atoms with Crippen LogP contribution in [0.15, 0.2) is 0 Å². The van der Waals surface area contributed by atoms with Crippen LogP contribution in [0.2, 0.25) is 0 Å². The first-order valence-electron chi connectivity index (χ1n) is 7.31. The molecule has 3 aliphatic carbocycles. The van der Waals surface area contributed by atoms with E-state index >= 15 is 0 Å². The molecule has 3 saturated carbocycles. The molecule has 1 amide bonds. The van der Waals surface area contributed by atoms with Gasteiger partial charge in [-0.25, -0.2) is 0 Å². The molecule has 96 valence electrons. The van der Waals surface area contributed by atoms with Gasteiger partial charge in [0, 0.05) is 12.0 Å². The third-order valence-corrected chi connectivity index (χ3v) is 5.25. The topological polar surface area (TPSA) is 55.1 Å². The molecule has 0 bridgehead atoms. The lowest BCUT2D eigenvalue weighted by atomic mass is 10.0. The van der Waals surface area contributed by atoms with Gasteiger partial charge in [-0.05, 0) is 50.0 Å². The molecule has 0 saturated heterocycles. The van der Waals surface area contributed by atoms with Crippen LogP contribution in [-0.2, 0) is 4.79 Å². The Labute approximate surface area is 104 Å². The van der Waals surface area contributed by atoms with Gasteiger partial charge in [0.05, 0.1) is 0 Å². The largest absolute Gasteiger partial charge is 0.353 e. The Morgan fingerprint density at radius 3 is 2.41 bits per heavy atom. The molecule has 3 heteroatoms. The molecule has 0 aromatic rings. The molecular weight excluding hydrogens is 212 g/mol. The molecule has 0 radical (unpaired) electrons. The molecule has 4 atom stereocenters. The summed E-state index contributed by atoms with van der Waals surface area (Å²) in [6, 6.07) is 0.371. The number of amides is 1. The Morgan fingerprint density at radius 1 is 1.06 bits per heavy atom. The third kappa shape index (κ3) is 2.10. The molecule has 0 aromatic heterocycles. The number of hydrogen-bond acceptors (Lipinski definition) is 2. The van der Waals surface area contributed by atoms with Gasteiger partial charge in [0.2, 0.25) is 5.91 Å². The summed E-state index contributed by atoms with van der Waals surface area (Å²) in [5.74, 6) is 2.67. The van der Waals surface area contributed by atoms with E-state index < -0.39 is 0 Å². The Kier molecular flexibility index (Phi) is 3.12. The zero-order valence-electron chi connectivity index (χ0n) is 10.5. The minimum atomic E-state index is 0.340. The van der Waals surface area contributed by atoms with E-state index in [0.29, 0.717) is 23.8 Å². The molecule has 0 spiro atoms. The molecule has 17 heavy (non-hydrogen) atoms. The fourth-order valence-electron chi connectivity index (χ4n) is 4.17. The van der Waals surface area contributed by atoms with Crippen LogP contribution in [0.3, 0.4) is 0 Å². The fourth-order valence-corrected chi connectivity index (χ4v) is 4.17. The van der Waals surface area contributed by atoms with E-state index in [9.17, 15) is 4.79 Å². The van der Waals surface area contributed by atoms with E-state index in [4.69, 9.17) is 5.73 Å². The van der Waals surface area contributed by atoms with Crippen LogP contribution in [0.1, 0.15) is 44.9 Å². The Balaban J connectivity index is 1.54. The zero-order valence-corrected chi connectivity index (χ0v) is 10.5. The number of fused-ring (bicyclic) bond motifs is 1. The monoisotopic (exact) mass is 236 g/mol. The van der Waals surface area contributed by atoms with Crippen molar-refractivity contribution in [1.82, 2.24) is 5.32 Å². The number of carbonyl (C=O) groups is 1. The first-order valence-corrected chi connectivity index (χ1v) is 7.31. The van der Waals surface area contributed by atoms with E-state index in [2.05, 4.69) is 5.32 Å². The molecule has 3 aliphatic rings. The zero-order chi connectivity index (χ0) is 11.8. The average molecular weight is 236 g/mol. The predicted octanol–water partition coefficient (Wildman–Crippen LogP) is 1.67. The van der Waals surface area contributed by atoms with Crippen LogP contribution >= 0.6 is 0 Å². The molecule has 3 nitrogen and oxygen atoms in total. The maximum atomic E-state index is 12.2. The Morgan fingerprint density at radius 2 is 1.76 bits per heavy atom. The molecule has 4 unspecified atom stereocenters. The van der Waals surface area contributed by atoms with Gasteiger partial charge in [-0.2, -0.15) is 0 Å². The molecule has 0 aliphatic heterocycles. The SMILES string of the molecule is NCC1CCCC1NC(=O)C1C2CCCCC21. The Bertz CT molecular complexity index is 293. The number of carbonyl (C=O) groups excluding carboxylic acids is 1. The van der Waals surface area contributed by atoms with Crippen molar-refractivity contribution < 1.29 is 4.79 Å². The third-order valence-electron chi connectivity index (χ3n) is 5.25. The molecule has 3 fully saturated rings. The van der Waals surface area contributed by atoms with E-state index in [-0.39, 0.29) is 0 Å². The summed E-state index contributed by atoms with van der Waals surface area (Å²) in [4.78, 5) is 12.2. The maximum Gasteiger partial charge on any atom is 0.223 e. The molecule has 3 N–H and O–H groups in total. The van der Waals surface area contributed by atoms with E-state index in [1.807, 2.05) is 0 Å². The van der Waals surface area contributed by atoms with Gasteiger partial charge in [0.25, 0.3) is 0 Å². The van der Waals surface area contributed by atoms with Crippen molar-refractivity contribution in [2.24, 2.45) is 29.4 Å². The number of nitrogens with two attached hydrogens (primary N) is 1. The fraction of sp³-hybridized carbons (Fsp3) is 0.929. The second-order valence-electron chi connectivity index (χ2n) is 6.18. The minimum Gasteiger partial charge on any atom is -0.353 e. The Hall–Kier alpha value is -0.570. The van der Waals surface area contributed by atoms with Gasteiger partial charge in [-0.3, -0.25) is 4.79 Å². The average Bonchev–Trinajstić information content (AvgIpc) is 2.92. The highest BCUT2D eigenvalue weighted by molar-refractivity contribution is 5.82. The summed E-state index contributed by atoms with van der Waals surface area (Å²) in [5, 5.41) is 3.28. The van der Waals surface area contributed by atoms with Crippen molar-refractivity contribution in [1.29, 1.82) is 0 Å². The van der Waals surface area contributed by atoms with E-state index in [1.54, 1.807) is 0 Å². The quantitative estimate of drug-likeness (QED) is 0.783. The van der Waals surface area contributed by atoms with Gasteiger partial charge in [0.15, 0.2) is 0 Å². The van der Waals surface area contributed by atoms with Crippen LogP contribution in [0.25, 0.3) is 0 Å². The van der Waals surface area contributed by atoms with Gasteiger partial charge in [-0.1, -0.05) is 19.3 Å². The van der Waals surface area contributed by atoms with Crippen molar-refractivity contribution in [3.05, 3.63) is 0 Å². The highest BCUT2D eigenvalue weighted by atomic mass is 16.2. The van der Waals surface area contributed by atoms with Gasteiger partial charge < -0.3 is 11.1 Å². The minimum absolute atomic E-state index is 0.340. The van der Waals surface area contributed by atoms with Crippen LogP contribution in [0, 0.1) is 23.7 Å². The van der Waals surface area contributed by atoms with Crippen molar-refractivity contribution >= 4 is 5.91 Å².